The third-order valence-electron chi connectivity index (χ3n) is 7.21. The lowest BCUT2D eigenvalue weighted by atomic mass is 9.70. The fourth-order valence-corrected chi connectivity index (χ4v) is 5.90. The Kier molecular flexibility index (Phi) is 5.40. The van der Waals surface area contributed by atoms with Gasteiger partial charge in [-0.3, -0.25) is 4.79 Å². The van der Waals surface area contributed by atoms with Gasteiger partial charge in [-0.2, -0.15) is 0 Å². The van der Waals surface area contributed by atoms with Crippen LogP contribution in [0.5, 0.6) is 0 Å². The van der Waals surface area contributed by atoms with Crippen LogP contribution >= 0.6 is 11.6 Å². The van der Waals surface area contributed by atoms with Crippen molar-refractivity contribution in [1.82, 2.24) is 0 Å². The van der Waals surface area contributed by atoms with E-state index >= 15 is 0 Å². The first-order chi connectivity index (χ1) is 16.9. The number of Topliss-reactive ketones (excluding diaryl/α,β-unsaturated/α-hetero) is 1. The molecule has 0 fully saturated rings. The Labute approximate surface area is 211 Å². The first kappa shape index (κ1) is 22.3. The molecular weight excluding hydrogens is 452 g/mol. The number of carbonyl (C=O) groups excluding carboxylic acids is 1. The first-order valence-corrected chi connectivity index (χ1v) is 12.5. The molecule has 6 rings (SSSR count). The molecule has 0 spiro atoms. The standard InChI is InChI=1S/C32H27ClO2/c1-32(2)17-22-16-26-30(29(28(22)27(34)18-32)21-12-14-23(33)15-13-21)24-10-6-7-11-25(24)31(26)35-19-20-8-4-3-5-9-20/h3-16,31H,17-19H2,1-2H3. The van der Waals surface area contributed by atoms with E-state index in [-0.39, 0.29) is 17.3 Å². The molecule has 3 heteroatoms. The number of ether oxygens (including phenoxy) is 1. The summed E-state index contributed by atoms with van der Waals surface area (Å²) in [4.78, 5) is 13.6. The monoisotopic (exact) mass is 478 g/mol. The van der Waals surface area contributed by atoms with Crippen LogP contribution < -0.4 is 0 Å². The van der Waals surface area contributed by atoms with E-state index < -0.39 is 0 Å². The highest BCUT2D eigenvalue weighted by atomic mass is 35.5. The second kappa shape index (κ2) is 8.48. The molecule has 0 aromatic heterocycles. The van der Waals surface area contributed by atoms with E-state index in [4.69, 9.17) is 16.3 Å². The lowest BCUT2D eigenvalue weighted by Crippen LogP contribution is -2.28. The molecule has 2 aliphatic rings. The average molecular weight is 479 g/mol. The van der Waals surface area contributed by atoms with Crippen LogP contribution in [0.3, 0.4) is 0 Å². The molecule has 0 aliphatic heterocycles. The number of carbonyl (C=O) groups is 1. The normalized spacial score (nSPS) is 17.6. The molecule has 4 aromatic carbocycles. The minimum atomic E-state index is -0.183. The van der Waals surface area contributed by atoms with Crippen molar-refractivity contribution in [3.05, 3.63) is 118 Å². The van der Waals surface area contributed by atoms with Gasteiger partial charge in [0, 0.05) is 22.6 Å². The zero-order valence-electron chi connectivity index (χ0n) is 20.0. The fraction of sp³-hybridized carbons (Fsp3) is 0.219. The summed E-state index contributed by atoms with van der Waals surface area (Å²) in [6, 6.07) is 28.9. The minimum absolute atomic E-state index is 0.0680. The Morgan fingerprint density at radius 3 is 2.31 bits per heavy atom. The number of hydrogen-bond acceptors (Lipinski definition) is 2. The second-order valence-electron chi connectivity index (χ2n) is 10.5. The molecule has 0 saturated carbocycles. The summed E-state index contributed by atoms with van der Waals surface area (Å²) in [6.07, 6.45) is 1.23. The number of rotatable bonds is 4. The van der Waals surface area contributed by atoms with Gasteiger partial charge in [0.1, 0.15) is 6.10 Å². The van der Waals surface area contributed by atoms with Gasteiger partial charge in [-0.05, 0) is 62.9 Å². The zero-order chi connectivity index (χ0) is 24.2. The lowest BCUT2D eigenvalue weighted by Gasteiger charge is -2.33. The second-order valence-corrected chi connectivity index (χ2v) is 10.9. The highest BCUT2D eigenvalue weighted by Crippen LogP contribution is 2.53. The van der Waals surface area contributed by atoms with Crippen molar-refractivity contribution in [2.24, 2.45) is 5.41 Å². The number of fused-ring (bicyclic) bond motifs is 4. The third kappa shape index (κ3) is 3.91. The van der Waals surface area contributed by atoms with E-state index in [1.54, 1.807) is 0 Å². The van der Waals surface area contributed by atoms with E-state index in [9.17, 15) is 4.79 Å². The third-order valence-corrected chi connectivity index (χ3v) is 7.47. The summed E-state index contributed by atoms with van der Waals surface area (Å²) < 4.78 is 6.62. The summed E-state index contributed by atoms with van der Waals surface area (Å²) in [5.74, 6) is 0.218. The minimum Gasteiger partial charge on any atom is -0.364 e. The summed E-state index contributed by atoms with van der Waals surface area (Å²) in [5.41, 5.74) is 9.67. The van der Waals surface area contributed by atoms with E-state index in [0.717, 1.165) is 56.5 Å². The smallest absolute Gasteiger partial charge is 0.164 e. The lowest BCUT2D eigenvalue weighted by molar-refractivity contribution is 0.0694. The highest BCUT2D eigenvalue weighted by Gasteiger charge is 2.39. The number of ketones is 1. The van der Waals surface area contributed by atoms with Gasteiger partial charge in [-0.15, -0.1) is 0 Å². The molecule has 0 radical (unpaired) electrons. The SMILES string of the molecule is CC1(C)CC(=O)c2c(cc3c(c2-c2ccc(Cl)cc2)-c2ccccc2C3OCc2ccccc2)C1. The summed E-state index contributed by atoms with van der Waals surface area (Å²) in [7, 11) is 0. The predicted octanol–water partition coefficient (Wildman–Crippen LogP) is 8.45. The van der Waals surface area contributed by atoms with Crippen LogP contribution in [0, 0.1) is 5.41 Å². The highest BCUT2D eigenvalue weighted by molar-refractivity contribution is 6.30. The van der Waals surface area contributed by atoms with Crippen molar-refractivity contribution >= 4 is 17.4 Å². The van der Waals surface area contributed by atoms with E-state index in [1.165, 1.54) is 0 Å². The van der Waals surface area contributed by atoms with E-state index in [1.807, 2.05) is 42.5 Å². The number of hydrogen-bond donors (Lipinski definition) is 0. The molecule has 0 heterocycles. The van der Waals surface area contributed by atoms with Crippen molar-refractivity contribution in [2.75, 3.05) is 0 Å². The molecule has 1 unspecified atom stereocenters. The average Bonchev–Trinajstić information content (AvgIpc) is 3.15. The molecular formula is C32H27ClO2. The van der Waals surface area contributed by atoms with Gasteiger partial charge in [0.05, 0.1) is 6.61 Å². The van der Waals surface area contributed by atoms with Crippen LogP contribution in [0.1, 0.15) is 59.0 Å². The molecule has 2 aliphatic carbocycles. The van der Waals surface area contributed by atoms with Gasteiger partial charge in [0.2, 0.25) is 0 Å². The van der Waals surface area contributed by atoms with E-state index in [2.05, 4.69) is 56.3 Å². The van der Waals surface area contributed by atoms with Crippen molar-refractivity contribution in [3.63, 3.8) is 0 Å². The van der Waals surface area contributed by atoms with Crippen LogP contribution in [0.25, 0.3) is 22.3 Å². The van der Waals surface area contributed by atoms with Gasteiger partial charge in [0.15, 0.2) is 5.78 Å². The Hall–Kier alpha value is -3.20. The van der Waals surface area contributed by atoms with Crippen LogP contribution in [0.2, 0.25) is 5.02 Å². The Morgan fingerprint density at radius 2 is 1.54 bits per heavy atom. The maximum absolute atomic E-state index is 13.6. The quantitative estimate of drug-likeness (QED) is 0.294. The molecule has 0 saturated heterocycles. The first-order valence-electron chi connectivity index (χ1n) is 12.1. The largest absolute Gasteiger partial charge is 0.364 e. The van der Waals surface area contributed by atoms with Gasteiger partial charge >= 0.3 is 0 Å². The number of halogens is 1. The van der Waals surface area contributed by atoms with Crippen LogP contribution in [-0.2, 0) is 17.8 Å². The predicted molar refractivity (Wildman–Crippen MR) is 142 cm³/mol. The summed E-state index contributed by atoms with van der Waals surface area (Å²) >= 11 is 6.24. The summed E-state index contributed by atoms with van der Waals surface area (Å²) in [6.45, 7) is 4.89. The molecule has 4 aromatic rings. The zero-order valence-corrected chi connectivity index (χ0v) is 20.7. The van der Waals surface area contributed by atoms with Crippen molar-refractivity contribution in [3.8, 4) is 22.3 Å². The Morgan fingerprint density at radius 1 is 0.829 bits per heavy atom. The molecule has 174 valence electrons. The molecule has 35 heavy (non-hydrogen) atoms. The molecule has 2 nitrogen and oxygen atoms in total. The maximum Gasteiger partial charge on any atom is 0.164 e. The van der Waals surface area contributed by atoms with Gasteiger partial charge in [-0.1, -0.05) is 98.2 Å². The molecule has 0 N–H and O–H groups in total. The molecule has 1 atom stereocenters. The molecule has 0 bridgehead atoms. The van der Waals surface area contributed by atoms with Crippen molar-refractivity contribution in [2.45, 2.75) is 39.4 Å². The van der Waals surface area contributed by atoms with Crippen LogP contribution in [0.4, 0.5) is 0 Å². The fourth-order valence-electron chi connectivity index (χ4n) is 5.78. The van der Waals surface area contributed by atoms with Crippen LogP contribution in [0.15, 0.2) is 84.9 Å². The van der Waals surface area contributed by atoms with Crippen LogP contribution in [-0.4, -0.2) is 5.78 Å². The summed E-state index contributed by atoms with van der Waals surface area (Å²) in [5, 5.41) is 0.687. The Balaban J connectivity index is 1.59. The topological polar surface area (TPSA) is 26.3 Å². The maximum atomic E-state index is 13.6. The van der Waals surface area contributed by atoms with E-state index in [0.29, 0.717) is 18.1 Å². The van der Waals surface area contributed by atoms with Gasteiger partial charge < -0.3 is 4.74 Å². The number of benzene rings is 4. The van der Waals surface area contributed by atoms with Gasteiger partial charge in [0.25, 0.3) is 0 Å². The van der Waals surface area contributed by atoms with Gasteiger partial charge in [-0.25, -0.2) is 0 Å². The molecule has 0 amide bonds. The Bertz CT molecular complexity index is 1430. The van der Waals surface area contributed by atoms with Crippen molar-refractivity contribution in [1.29, 1.82) is 0 Å². The van der Waals surface area contributed by atoms with Crippen molar-refractivity contribution < 1.29 is 9.53 Å².